The Morgan fingerprint density at radius 2 is 0.823 bits per heavy atom. The molecule has 11 atom stereocenters. The number of hydrogen-bond acceptors (Lipinski definition) is 14. The topological polar surface area (TPSA) is 214 Å². The van der Waals surface area contributed by atoms with Crippen molar-refractivity contribution in [1.82, 2.24) is 0 Å². The van der Waals surface area contributed by atoms with E-state index in [0.29, 0.717) is 13.0 Å². The zero-order valence-corrected chi connectivity index (χ0v) is 49.6. The van der Waals surface area contributed by atoms with E-state index in [-0.39, 0.29) is 25.6 Å². The molecule has 0 bridgehead atoms. The predicted octanol–water partition coefficient (Wildman–Crippen LogP) is 12.4. The van der Waals surface area contributed by atoms with Gasteiger partial charge in [-0.05, 0) is 77.0 Å². The van der Waals surface area contributed by atoms with E-state index in [0.717, 1.165) is 64.2 Å². The van der Waals surface area contributed by atoms with Crippen LogP contribution in [0.5, 0.6) is 0 Å². The van der Waals surface area contributed by atoms with Gasteiger partial charge in [-0.15, -0.1) is 0 Å². The van der Waals surface area contributed by atoms with E-state index in [1.54, 1.807) is 0 Å². The van der Waals surface area contributed by atoms with Crippen LogP contribution in [-0.2, 0) is 33.2 Å². The maximum absolute atomic E-state index is 13.1. The van der Waals surface area contributed by atoms with Crippen LogP contribution in [0.15, 0.2) is 60.8 Å². The Balaban J connectivity index is 1.67. The summed E-state index contributed by atoms with van der Waals surface area (Å²) in [5.41, 5.74) is 0. The van der Waals surface area contributed by atoms with Gasteiger partial charge in [0.2, 0.25) is 0 Å². The number of carbonyl (C=O) groups excluding carboxylic acids is 1. The van der Waals surface area contributed by atoms with Crippen molar-refractivity contribution in [2.45, 2.75) is 313 Å². The Kier molecular flexibility index (Phi) is 47.3. The number of allylic oxidation sites excluding steroid dienone is 10. The van der Waals surface area contributed by atoms with Crippen molar-refractivity contribution in [3.63, 3.8) is 0 Å². The van der Waals surface area contributed by atoms with Gasteiger partial charge < -0.3 is 64.2 Å². The number of ether oxygens (including phenoxy) is 6. The highest BCUT2D eigenvalue weighted by Gasteiger charge is 2.47. The molecule has 2 rings (SSSR count). The van der Waals surface area contributed by atoms with Crippen molar-refractivity contribution >= 4 is 5.97 Å². The van der Waals surface area contributed by atoms with Gasteiger partial charge in [-0.3, -0.25) is 4.79 Å². The highest BCUT2D eigenvalue weighted by Crippen LogP contribution is 2.27. The number of aliphatic hydroxyl groups excluding tert-OH is 7. The van der Waals surface area contributed by atoms with E-state index in [9.17, 15) is 40.5 Å². The van der Waals surface area contributed by atoms with Crippen LogP contribution in [0.3, 0.4) is 0 Å². The first-order chi connectivity index (χ1) is 38.6. The molecule has 0 spiro atoms. The second-order valence-electron chi connectivity index (χ2n) is 22.2. The molecule has 0 aromatic carbocycles. The van der Waals surface area contributed by atoms with Gasteiger partial charge in [-0.1, -0.05) is 222 Å². The smallest absolute Gasteiger partial charge is 0.306 e. The minimum atomic E-state index is -1.71. The molecule has 0 aromatic heterocycles. The minimum Gasteiger partial charge on any atom is -0.457 e. The van der Waals surface area contributed by atoms with Crippen LogP contribution in [-0.4, -0.2) is 142 Å². The number of rotatable bonds is 52. The van der Waals surface area contributed by atoms with Gasteiger partial charge in [-0.2, -0.15) is 0 Å². The Labute approximate surface area is 479 Å². The van der Waals surface area contributed by atoms with Crippen LogP contribution in [0.1, 0.15) is 245 Å². The molecule has 14 heteroatoms. The molecule has 2 aliphatic heterocycles. The summed E-state index contributed by atoms with van der Waals surface area (Å²) in [5.74, 6) is -0.377. The van der Waals surface area contributed by atoms with E-state index in [2.05, 4.69) is 74.6 Å². The fraction of sp³-hybridized carbons (Fsp3) is 0.831. The average Bonchev–Trinajstić information content (AvgIpc) is 3.46. The molecule has 14 nitrogen and oxygen atoms in total. The lowest BCUT2D eigenvalue weighted by Gasteiger charge is -2.42. The van der Waals surface area contributed by atoms with Gasteiger partial charge in [0.25, 0.3) is 0 Å². The van der Waals surface area contributed by atoms with Gasteiger partial charge >= 0.3 is 5.97 Å². The summed E-state index contributed by atoms with van der Waals surface area (Å²) in [4.78, 5) is 13.1. The van der Waals surface area contributed by atoms with Crippen molar-refractivity contribution in [1.29, 1.82) is 0 Å². The fourth-order valence-corrected chi connectivity index (χ4v) is 9.92. The second kappa shape index (κ2) is 51.3. The molecule has 2 fully saturated rings. The van der Waals surface area contributed by atoms with E-state index >= 15 is 0 Å². The number of aliphatic hydroxyl groups is 7. The summed E-state index contributed by atoms with van der Waals surface area (Å²) in [6.45, 7) is 3.60. The Bertz CT molecular complexity index is 1540. The van der Waals surface area contributed by atoms with Gasteiger partial charge in [-0.25, -0.2) is 0 Å². The molecule has 460 valence electrons. The molecule has 2 aliphatic rings. The Morgan fingerprint density at radius 3 is 1.30 bits per heavy atom. The zero-order valence-electron chi connectivity index (χ0n) is 49.6. The van der Waals surface area contributed by atoms with Crippen molar-refractivity contribution in [2.75, 3.05) is 33.0 Å². The molecule has 2 heterocycles. The van der Waals surface area contributed by atoms with E-state index in [1.807, 2.05) is 0 Å². The first kappa shape index (κ1) is 72.8. The number of hydrogen-bond donors (Lipinski definition) is 7. The highest BCUT2D eigenvalue weighted by atomic mass is 16.7. The second-order valence-corrected chi connectivity index (χ2v) is 22.2. The fourth-order valence-electron chi connectivity index (χ4n) is 9.92. The van der Waals surface area contributed by atoms with Gasteiger partial charge in [0.15, 0.2) is 12.6 Å². The Hall–Kier alpha value is -2.31. The van der Waals surface area contributed by atoms with Crippen molar-refractivity contribution < 1.29 is 69.0 Å². The summed E-state index contributed by atoms with van der Waals surface area (Å²) in [7, 11) is 0. The quantitative estimate of drug-likeness (QED) is 0.0172. The molecule has 7 N–H and O–H groups in total. The molecule has 0 aromatic rings. The molecule has 0 aliphatic carbocycles. The maximum Gasteiger partial charge on any atom is 0.306 e. The lowest BCUT2D eigenvalue weighted by atomic mass is 9.98. The Morgan fingerprint density at radius 1 is 0.430 bits per heavy atom. The zero-order chi connectivity index (χ0) is 57.2. The molecular formula is C65H116O14. The molecule has 79 heavy (non-hydrogen) atoms. The summed E-state index contributed by atoms with van der Waals surface area (Å²) < 4.78 is 34.5. The number of esters is 1. The van der Waals surface area contributed by atoms with Crippen LogP contribution >= 0.6 is 0 Å². The van der Waals surface area contributed by atoms with Crippen molar-refractivity contribution in [3.05, 3.63) is 60.8 Å². The lowest BCUT2D eigenvalue weighted by Crippen LogP contribution is -2.61. The van der Waals surface area contributed by atoms with Gasteiger partial charge in [0.1, 0.15) is 54.9 Å². The monoisotopic (exact) mass is 1120 g/mol. The third kappa shape index (κ3) is 37.5. The average molecular weight is 1120 g/mol. The highest BCUT2D eigenvalue weighted by molar-refractivity contribution is 5.69. The molecular weight excluding hydrogens is 1000 g/mol. The first-order valence-corrected chi connectivity index (χ1v) is 31.9. The molecule has 11 unspecified atom stereocenters. The molecule has 0 amide bonds. The summed E-state index contributed by atoms with van der Waals surface area (Å²) in [6, 6.07) is 0. The largest absolute Gasteiger partial charge is 0.457 e. The van der Waals surface area contributed by atoms with Gasteiger partial charge in [0.05, 0.1) is 26.4 Å². The number of unbranched alkanes of at least 4 members (excludes halogenated alkanes) is 28. The van der Waals surface area contributed by atoms with E-state index in [4.69, 9.17) is 28.4 Å². The minimum absolute atomic E-state index is 0.0597. The maximum atomic E-state index is 13.1. The molecule has 0 radical (unpaired) electrons. The lowest BCUT2D eigenvalue weighted by molar-refractivity contribution is -0.332. The molecule has 2 saturated heterocycles. The van der Waals surface area contributed by atoms with Gasteiger partial charge in [0, 0.05) is 13.0 Å². The van der Waals surface area contributed by atoms with Crippen LogP contribution in [0, 0.1) is 0 Å². The third-order valence-electron chi connectivity index (χ3n) is 15.0. The summed E-state index contributed by atoms with van der Waals surface area (Å²) in [6.07, 6.45) is 48.5. The van der Waals surface area contributed by atoms with Crippen LogP contribution in [0.4, 0.5) is 0 Å². The van der Waals surface area contributed by atoms with Crippen LogP contribution in [0.25, 0.3) is 0 Å². The van der Waals surface area contributed by atoms with E-state index in [1.165, 1.54) is 154 Å². The normalized spacial score (nSPS) is 24.4. The predicted molar refractivity (Wildman–Crippen MR) is 316 cm³/mol. The summed E-state index contributed by atoms with van der Waals surface area (Å²) in [5, 5.41) is 72.5. The van der Waals surface area contributed by atoms with Crippen LogP contribution < -0.4 is 0 Å². The first-order valence-electron chi connectivity index (χ1n) is 31.9. The van der Waals surface area contributed by atoms with Crippen LogP contribution in [0.2, 0.25) is 0 Å². The SMILES string of the molecule is CC/C=C\C/C=C\C/C=C\C/C=C\CCCCCCCCCCCCCCCOCC(COC1OC(COC2OC(CO)C(O)C(O)C2O)C(O)C(O)C1O)OC(=O)CCCCCCCCCCC/C=C\CCCCCCCC. The van der Waals surface area contributed by atoms with E-state index < -0.39 is 80.7 Å². The number of carbonyl (C=O) groups is 1. The van der Waals surface area contributed by atoms with Crippen molar-refractivity contribution in [2.24, 2.45) is 0 Å². The third-order valence-corrected chi connectivity index (χ3v) is 15.0. The standard InChI is InChI=1S/C65H116O14/c1-3-5-7-9-11-13-15-17-19-21-23-24-25-26-27-28-29-31-33-35-37-39-41-43-45-47-49-74-51-54(77-57(67)48-46-44-42-40-38-36-34-32-30-22-20-18-16-14-12-10-8-6-4-2)52-75-64-63(73)61(71)59(69)56(79-64)53-76-65-62(72)60(70)58(68)55(50-66)78-65/h5,7,11,13,17-20,23-24,54-56,58-66,68-73H,3-4,6,8-10,12,14-16,21-22,25-53H2,1-2H3/b7-5-,13-11-,19-17-,20-18-,24-23-. The van der Waals surface area contributed by atoms with Crippen molar-refractivity contribution in [3.8, 4) is 0 Å². The molecule has 0 saturated carbocycles. The summed E-state index contributed by atoms with van der Waals surface area (Å²) >= 11 is 0.